The third-order valence-corrected chi connectivity index (χ3v) is 6.50. The van der Waals surface area contributed by atoms with E-state index in [-0.39, 0.29) is 18.3 Å². The van der Waals surface area contributed by atoms with Crippen molar-refractivity contribution in [1.29, 1.82) is 0 Å². The van der Waals surface area contributed by atoms with E-state index in [1.54, 1.807) is 6.92 Å². The Hall–Kier alpha value is -2.89. The molecule has 184 valence electrons. The fourth-order valence-electron chi connectivity index (χ4n) is 4.19. The summed E-state index contributed by atoms with van der Waals surface area (Å²) in [6.45, 7) is 8.55. The highest BCUT2D eigenvalue weighted by atomic mass is 16.5. The molecule has 1 amide bonds. The van der Waals surface area contributed by atoms with Crippen LogP contribution in [0.15, 0.2) is 42.6 Å². The first kappa shape index (κ1) is 25.7. The van der Waals surface area contributed by atoms with Gasteiger partial charge in [-0.2, -0.15) is 0 Å². The first-order chi connectivity index (χ1) is 16.5. The molecule has 0 bridgehead atoms. The zero-order valence-electron chi connectivity index (χ0n) is 20.8. The number of likely N-dealkylation sites (tertiary alicyclic amines) is 1. The minimum atomic E-state index is -0.476. The van der Waals surface area contributed by atoms with Gasteiger partial charge < -0.3 is 14.4 Å². The molecule has 1 atom stereocenters. The Morgan fingerprint density at radius 3 is 2.38 bits per heavy atom. The molecular formula is C28H38N2O4. The van der Waals surface area contributed by atoms with Gasteiger partial charge in [0.15, 0.2) is 0 Å². The molecule has 1 aromatic carbocycles. The van der Waals surface area contributed by atoms with Crippen LogP contribution in [0.1, 0.15) is 56.9 Å². The first-order valence-corrected chi connectivity index (χ1v) is 12.6. The fourth-order valence-corrected chi connectivity index (χ4v) is 4.19. The molecule has 0 saturated carbocycles. The van der Waals surface area contributed by atoms with E-state index in [2.05, 4.69) is 24.9 Å². The predicted molar refractivity (Wildman–Crippen MR) is 133 cm³/mol. The van der Waals surface area contributed by atoms with Gasteiger partial charge in [-0.25, -0.2) is 0 Å². The van der Waals surface area contributed by atoms with Crippen molar-refractivity contribution < 1.29 is 19.1 Å². The molecule has 1 aliphatic rings. The Balaban J connectivity index is 1.52. The van der Waals surface area contributed by atoms with Crippen molar-refractivity contribution in [3.8, 4) is 5.75 Å². The fraction of sp³-hybridized carbons (Fsp3) is 0.536. The highest BCUT2D eigenvalue weighted by Crippen LogP contribution is 2.22. The maximum atomic E-state index is 12.8. The molecular weight excluding hydrogens is 428 g/mol. The summed E-state index contributed by atoms with van der Waals surface area (Å²) in [5, 5.41) is 0. The highest BCUT2D eigenvalue weighted by Gasteiger charge is 2.28. The molecule has 0 spiro atoms. The lowest BCUT2D eigenvalue weighted by Crippen LogP contribution is -2.39. The van der Waals surface area contributed by atoms with Gasteiger partial charge in [0.2, 0.25) is 5.91 Å². The van der Waals surface area contributed by atoms with E-state index in [0.29, 0.717) is 25.6 Å². The Morgan fingerprint density at radius 2 is 1.76 bits per heavy atom. The number of pyridine rings is 1. The van der Waals surface area contributed by atoms with E-state index in [1.807, 2.05) is 41.4 Å². The number of hydrogen-bond acceptors (Lipinski definition) is 5. The second kappa shape index (κ2) is 13.1. The van der Waals surface area contributed by atoms with Crippen molar-refractivity contribution in [1.82, 2.24) is 9.88 Å². The van der Waals surface area contributed by atoms with Crippen LogP contribution in [0.3, 0.4) is 0 Å². The number of aryl methyl sites for hydroxylation is 1. The van der Waals surface area contributed by atoms with Gasteiger partial charge in [0.05, 0.1) is 19.1 Å². The summed E-state index contributed by atoms with van der Waals surface area (Å²) in [6.07, 6.45) is 6.36. The van der Waals surface area contributed by atoms with Gasteiger partial charge in [0, 0.05) is 37.8 Å². The average molecular weight is 467 g/mol. The average Bonchev–Trinajstić information content (AvgIpc) is 2.85. The summed E-state index contributed by atoms with van der Waals surface area (Å²) in [5.74, 6) is 0.702. The molecule has 2 aromatic rings. The van der Waals surface area contributed by atoms with Crippen LogP contribution in [0.5, 0.6) is 5.75 Å². The zero-order valence-corrected chi connectivity index (χ0v) is 20.8. The number of aromatic nitrogens is 1. The number of carbonyl (C=O) groups is 2. The van der Waals surface area contributed by atoms with Crippen molar-refractivity contribution in [3.63, 3.8) is 0 Å². The maximum Gasteiger partial charge on any atom is 0.309 e. The Labute approximate surface area is 203 Å². The summed E-state index contributed by atoms with van der Waals surface area (Å²) in [4.78, 5) is 31.8. The summed E-state index contributed by atoms with van der Waals surface area (Å²) >= 11 is 0. The van der Waals surface area contributed by atoms with Crippen LogP contribution >= 0.6 is 0 Å². The predicted octanol–water partition coefficient (Wildman–Crippen LogP) is 4.64. The summed E-state index contributed by atoms with van der Waals surface area (Å²) in [7, 11) is 0. The van der Waals surface area contributed by atoms with Crippen LogP contribution in [0, 0.1) is 11.8 Å². The normalized spacial score (nSPS) is 15.1. The molecule has 1 aliphatic heterocycles. The van der Waals surface area contributed by atoms with Gasteiger partial charge in [-0.1, -0.05) is 32.0 Å². The topological polar surface area (TPSA) is 68.7 Å². The minimum Gasteiger partial charge on any atom is -0.493 e. The van der Waals surface area contributed by atoms with E-state index >= 15 is 0 Å². The number of carbonyl (C=O) groups excluding carboxylic acids is 2. The molecule has 1 aromatic heterocycles. The number of piperidine rings is 1. The number of rotatable bonds is 11. The number of hydrogen-bond donors (Lipinski definition) is 0. The number of nitrogens with zero attached hydrogens (tertiary/aromatic N) is 2. The number of ether oxygens (including phenoxy) is 2. The quantitative estimate of drug-likeness (QED) is 0.452. The first-order valence-electron chi connectivity index (χ1n) is 12.6. The van der Waals surface area contributed by atoms with Gasteiger partial charge in [0.1, 0.15) is 5.75 Å². The monoisotopic (exact) mass is 466 g/mol. The largest absolute Gasteiger partial charge is 0.493 e. The van der Waals surface area contributed by atoms with Crippen LogP contribution in [0.4, 0.5) is 0 Å². The molecule has 34 heavy (non-hydrogen) atoms. The van der Waals surface area contributed by atoms with Crippen LogP contribution < -0.4 is 4.74 Å². The van der Waals surface area contributed by atoms with Gasteiger partial charge in [-0.3, -0.25) is 14.6 Å². The lowest BCUT2D eigenvalue weighted by Gasteiger charge is -2.31. The van der Waals surface area contributed by atoms with E-state index in [9.17, 15) is 9.59 Å². The van der Waals surface area contributed by atoms with Crippen LogP contribution in [0.2, 0.25) is 0 Å². The third-order valence-electron chi connectivity index (χ3n) is 6.50. The van der Waals surface area contributed by atoms with Gasteiger partial charge >= 0.3 is 5.97 Å². The minimum absolute atomic E-state index is 0.0467. The van der Waals surface area contributed by atoms with Gasteiger partial charge in [-0.15, -0.1) is 0 Å². The maximum absolute atomic E-state index is 12.8. The second-order valence-electron chi connectivity index (χ2n) is 9.17. The molecule has 1 unspecified atom stereocenters. The van der Waals surface area contributed by atoms with Crippen molar-refractivity contribution in [2.45, 2.75) is 59.3 Å². The van der Waals surface area contributed by atoms with Crippen molar-refractivity contribution >= 4 is 11.9 Å². The van der Waals surface area contributed by atoms with Crippen molar-refractivity contribution in [2.24, 2.45) is 11.8 Å². The molecule has 2 heterocycles. The highest BCUT2D eigenvalue weighted by molar-refractivity contribution is 5.83. The Kier molecular flexibility index (Phi) is 9.92. The van der Waals surface area contributed by atoms with Gasteiger partial charge in [0.25, 0.3) is 0 Å². The van der Waals surface area contributed by atoms with E-state index in [1.165, 1.54) is 5.56 Å². The van der Waals surface area contributed by atoms with Crippen molar-refractivity contribution in [3.05, 3.63) is 59.4 Å². The lowest BCUT2D eigenvalue weighted by atomic mass is 9.94. The Bertz CT molecular complexity index is 903. The summed E-state index contributed by atoms with van der Waals surface area (Å²) in [5.41, 5.74) is 3.23. The van der Waals surface area contributed by atoms with E-state index in [4.69, 9.17) is 9.47 Å². The molecule has 0 aliphatic carbocycles. The van der Waals surface area contributed by atoms with E-state index in [0.717, 1.165) is 55.8 Å². The summed E-state index contributed by atoms with van der Waals surface area (Å²) < 4.78 is 11.1. The molecule has 6 heteroatoms. The standard InChI is InChI=1S/C28H38N2O4/c1-4-22-6-9-25(29-20-22)14-17-34-26-10-7-23(8-11-26)18-24(28(32)33-5-2)19-27(31)30-15-12-21(3)13-16-30/h6-11,20-21,24H,4-5,12-19H2,1-3H3. The second-order valence-corrected chi connectivity index (χ2v) is 9.17. The Morgan fingerprint density at radius 1 is 1.06 bits per heavy atom. The van der Waals surface area contributed by atoms with Crippen molar-refractivity contribution in [2.75, 3.05) is 26.3 Å². The molecule has 1 fully saturated rings. The smallest absolute Gasteiger partial charge is 0.309 e. The molecule has 6 nitrogen and oxygen atoms in total. The summed E-state index contributed by atoms with van der Waals surface area (Å²) in [6, 6.07) is 11.9. The SMILES string of the molecule is CCOC(=O)C(CC(=O)N1CCC(C)CC1)Cc1ccc(OCCc2ccc(CC)cn2)cc1. The molecule has 0 N–H and O–H groups in total. The molecule has 1 saturated heterocycles. The van der Waals surface area contributed by atoms with Crippen LogP contribution in [0.25, 0.3) is 0 Å². The van der Waals surface area contributed by atoms with Gasteiger partial charge in [-0.05, 0) is 67.9 Å². The van der Waals surface area contributed by atoms with Crippen LogP contribution in [-0.2, 0) is 33.6 Å². The zero-order chi connectivity index (χ0) is 24.3. The molecule has 0 radical (unpaired) electrons. The van der Waals surface area contributed by atoms with E-state index < -0.39 is 5.92 Å². The van der Waals surface area contributed by atoms with Crippen LogP contribution in [-0.4, -0.2) is 48.1 Å². The molecule has 3 rings (SSSR count). The number of benzene rings is 1. The number of amides is 1. The lowest BCUT2D eigenvalue weighted by molar-refractivity contribution is -0.151. The third kappa shape index (κ3) is 7.86. The number of esters is 1.